The molecule has 0 saturated carbocycles. The van der Waals surface area contributed by atoms with E-state index in [4.69, 9.17) is 11.6 Å². The van der Waals surface area contributed by atoms with Gasteiger partial charge in [-0.25, -0.2) is 4.39 Å². The molecular weight excluding hydrogens is 254 g/mol. The van der Waals surface area contributed by atoms with E-state index < -0.39 is 0 Å². The van der Waals surface area contributed by atoms with Crippen LogP contribution >= 0.6 is 27.5 Å². The lowest BCUT2D eigenvalue weighted by atomic mass is 9.92. The average molecular weight is 264 g/mol. The molecule has 1 aliphatic carbocycles. The van der Waals surface area contributed by atoms with E-state index in [1.54, 1.807) is 6.07 Å². The van der Waals surface area contributed by atoms with Crippen LogP contribution in [0.4, 0.5) is 4.39 Å². The zero-order chi connectivity index (χ0) is 9.42. The van der Waals surface area contributed by atoms with Crippen molar-refractivity contribution >= 4 is 27.5 Å². The molecule has 0 N–H and O–H groups in total. The third-order valence-corrected chi connectivity index (χ3v) is 3.58. The Labute approximate surface area is 90.2 Å². The van der Waals surface area contributed by atoms with E-state index >= 15 is 0 Å². The van der Waals surface area contributed by atoms with Crippen LogP contribution in [-0.4, -0.2) is 0 Å². The highest BCUT2D eigenvalue weighted by Gasteiger charge is 2.17. The Morgan fingerprint density at radius 1 is 1.31 bits per heavy atom. The van der Waals surface area contributed by atoms with Gasteiger partial charge in [0.25, 0.3) is 0 Å². The van der Waals surface area contributed by atoms with Crippen LogP contribution in [0.25, 0.3) is 0 Å². The van der Waals surface area contributed by atoms with Crippen molar-refractivity contribution in [1.82, 2.24) is 0 Å². The Morgan fingerprint density at radius 3 is 2.77 bits per heavy atom. The molecule has 0 aromatic heterocycles. The molecule has 0 aliphatic heterocycles. The molecule has 0 saturated heterocycles. The van der Waals surface area contributed by atoms with Crippen LogP contribution in [0.5, 0.6) is 0 Å². The van der Waals surface area contributed by atoms with Crippen molar-refractivity contribution in [3.8, 4) is 0 Å². The Balaban J connectivity index is 2.60. The fourth-order valence-corrected chi connectivity index (χ4v) is 2.80. The molecule has 0 heterocycles. The van der Waals surface area contributed by atoms with Gasteiger partial charge in [0.05, 0.1) is 9.50 Å². The molecule has 1 aromatic rings. The van der Waals surface area contributed by atoms with Gasteiger partial charge >= 0.3 is 0 Å². The van der Waals surface area contributed by atoms with Crippen molar-refractivity contribution in [3.05, 3.63) is 32.5 Å². The molecular formula is C10H9BrClF. The van der Waals surface area contributed by atoms with Gasteiger partial charge in [0.15, 0.2) is 5.82 Å². The van der Waals surface area contributed by atoms with Crippen molar-refractivity contribution in [3.63, 3.8) is 0 Å². The van der Waals surface area contributed by atoms with Crippen LogP contribution in [0.1, 0.15) is 24.0 Å². The SMILES string of the molecule is Fc1c(Cl)cc2c(c1Br)CCCC2. The topological polar surface area (TPSA) is 0 Å². The summed E-state index contributed by atoms with van der Waals surface area (Å²) in [5.41, 5.74) is 2.30. The summed E-state index contributed by atoms with van der Waals surface area (Å²) in [6, 6.07) is 1.76. The molecule has 2 rings (SSSR count). The average Bonchev–Trinajstić information content (AvgIpc) is 2.15. The minimum absolute atomic E-state index is 0.229. The maximum Gasteiger partial charge on any atom is 0.156 e. The van der Waals surface area contributed by atoms with E-state index in [1.807, 2.05) is 0 Å². The van der Waals surface area contributed by atoms with Crippen molar-refractivity contribution in [2.45, 2.75) is 25.7 Å². The van der Waals surface area contributed by atoms with Crippen LogP contribution in [0, 0.1) is 5.82 Å². The summed E-state index contributed by atoms with van der Waals surface area (Å²) in [5.74, 6) is -0.317. The van der Waals surface area contributed by atoms with Gasteiger partial charge in [-0.2, -0.15) is 0 Å². The van der Waals surface area contributed by atoms with Crippen molar-refractivity contribution < 1.29 is 4.39 Å². The van der Waals surface area contributed by atoms with E-state index in [1.165, 1.54) is 12.0 Å². The summed E-state index contributed by atoms with van der Waals surface area (Å²) >= 11 is 9.00. The largest absolute Gasteiger partial charge is 0.204 e. The normalized spacial score (nSPS) is 15.6. The lowest BCUT2D eigenvalue weighted by molar-refractivity contribution is 0.606. The number of rotatable bonds is 0. The summed E-state index contributed by atoms with van der Waals surface area (Å²) in [6.07, 6.45) is 4.31. The third kappa shape index (κ3) is 1.62. The summed E-state index contributed by atoms with van der Waals surface area (Å²) in [4.78, 5) is 0. The Bertz CT molecular complexity index is 349. The van der Waals surface area contributed by atoms with E-state index in [2.05, 4.69) is 15.9 Å². The van der Waals surface area contributed by atoms with Gasteiger partial charge in [-0.3, -0.25) is 0 Å². The second kappa shape index (κ2) is 3.58. The lowest BCUT2D eigenvalue weighted by Gasteiger charge is -2.17. The van der Waals surface area contributed by atoms with E-state index in [0.29, 0.717) is 4.47 Å². The van der Waals surface area contributed by atoms with Crippen LogP contribution < -0.4 is 0 Å². The molecule has 3 heteroatoms. The number of benzene rings is 1. The molecule has 1 aromatic carbocycles. The molecule has 13 heavy (non-hydrogen) atoms. The number of halogens is 3. The fourth-order valence-electron chi connectivity index (χ4n) is 1.79. The first kappa shape index (κ1) is 9.47. The zero-order valence-electron chi connectivity index (χ0n) is 7.04. The molecule has 0 bridgehead atoms. The summed E-state index contributed by atoms with van der Waals surface area (Å²) in [6.45, 7) is 0. The van der Waals surface area contributed by atoms with Crippen LogP contribution in [0.15, 0.2) is 10.5 Å². The third-order valence-electron chi connectivity index (χ3n) is 2.48. The minimum atomic E-state index is -0.317. The van der Waals surface area contributed by atoms with Gasteiger partial charge in [0.2, 0.25) is 0 Å². The zero-order valence-corrected chi connectivity index (χ0v) is 9.38. The number of aryl methyl sites for hydroxylation is 1. The van der Waals surface area contributed by atoms with Crippen LogP contribution in [-0.2, 0) is 12.8 Å². The second-order valence-electron chi connectivity index (χ2n) is 3.33. The highest BCUT2D eigenvalue weighted by Crippen LogP contribution is 2.34. The van der Waals surface area contributed by atoms with Crippen molar-refractivity contribution in [2.24, 2.45) is 0 Å². The highest BCUT2D eigenvalue weighted by atomic mass is 79.9. The summed E-state index contributed by atoms with van der Waals surface area (Å²) < 4.78 is 13.9. The maximum atomic E-state index is 13.3. The van der Waals surface area contributed by atoms with Gasteiger partial charge in [-0.15, -0.1) is 0 Å². The molecule has 1 aliphatic rings. The monoisotopic (exact) mass is 262 g/mol. The Kier molecular flexibility index (Phi) is 2.61. The van der Waals surface area contributed by atoms with Crippen molar-refractivity contribution in [2.75, 3.05) is 0 Å². The number of hydrogen-bond acceptors (Lipinski definition) is 0. The first-order valence-corrected chi connectivity index (χ1v) is 5.52. The predicted octanol–water partition coefficient (Wildman–Crippen LogP) is 4.12. The first-order chi connectivity index (χ1) is 6.20. The predicted molar refractivity (Wildman–Crippen MR) is 55.8 cm³/mol. The number of hydrogen-bond donors (Lipinski definition) is 0. The quantitative estimate of drug-likeness (QED) is 0.618. The first-order valence-electron chi connectivity index (χ1n) is 4.35. The number of fused-ring (bicyclic) bond motifs is 1. The smallest absolute Gasteiger partial charge is 0.156 e. The van der Waals surface area contributed by atoms with E-state index in [9.17, 15) is 4.39 Å². The molecule has 0 spiro atoms. The van der Waals surface area contributed by atoms with Gasteiger partial charge in [0, 0.05) is 0 Å². The van der Waals surface area contributed by atoms with E-state index in [-0.39, 0.29) is 10.8 Å². The van der Waals surface area contributed by atoms with Gasteiger partial charge in [-0.05, 0) is 58.8 Å². The van der Waals surface area contributed by atoms with E-state index in [0.717, 1.165) is 24.8 Å². The van der Waals surface area contributed by atoms with Gasteiger partial charge in [-0.1, -0.05) is 11.6 Å². The molecule has 0 unspecified atom stereocenters. The Morgan fingerprint density at radius 2 is 2.00 bits per heavy atom. The minimum Gasteiger partial charge on any atom is -0.204 e. The maximum absolute atomic E-state index is 13.3. The van der Waals surface area contributed by atoms with Crippen LogP contribution in [0.3, 0.4) is 0 Å². The molecule has 70 valence electrons. The van der Waals surface area contributed by atoms with Crippen LogP contribution in [0.2, 0.25) is 5.02 Å². The molecule has 0 atom stereocenters. The standard InChI is InChI=1S/C10H9BrClF/c11-9-7-4-2-1-3-6(7)5-8(12)10(9)13/h5H,1-4H2. The molecule has 0 fully saturated rings. The highest BCUT2D eigenvalue weighted by molar-refractivity contribution is 9.10. The van der Waals surface area contributed by atoms with Crippen molar-refractivity contribution in [1.29, 1.82) is 0 Å². The Hall–Kier alpha value is -0.0800. The molecule has 0 radical (unpaired) electrons. The van der Waals surface area contributed by atoms with Gasteiger partial charge in [0.1, 0.15) is 0 Å². The lowest BCUT2D eigenvalue weighted by Crippen LogP contribution is -2.05. The fraction of sp³-hybridized carbons (Fsp3) is 0.400. The summed E-state index contributed by atoms with van der Waals surface area (Å²) in [5, 5.41) is 0.229. The summed E-state index contributed by atoms with van der Waals surface area (Å²) in [7, 11) is 0. The van der Waals surface area contributed by atoms with Gasteiger partial charge < -0.3 is 0 Å². The second-order valence-corrected chi connectivity index (χ2v) is 4.53. The molecule has 0 nitrogen and oxygen atoms in total. The molecule has 0 amide bonds.